The number of hydrogen-bond donors (Lipinski definition) is 0. The van der Waals surface area contributed by atoms with Crippen LogP contribution in [0.15, 0.2) is 71.8 Å². The fourth-order valence-electron chi connectivity index (χ4n) is 2.73. The van der Waals surface area contributed by atoms with Crippen molar-refractivity contribution in [2.45, 2.75) is 13.3 Å². The van der Waals surface area contributed by atoms with Gasteiger partial charge in [0.05, 0.1) is 12.1 Å². The third-order valence-electron chi connectivity index (χ3n) is 4.01. The Balaban J connectivity index is 2.13. The highest BCUT2D eigenvalue weighted by Crippen LogP contribution is 2.26. The fraction of sp³-hybridized carbons (Fsp3) is 0.100. The number of imide groups is 1. The fourth-order valence-corrected chi connectivity index (χ4v) is 2.73. The summed E-state index contributed by atoms with van der Waals surface area (Å²) in [5, 5.41) is 11.1. The average molecular weight is 345 g/mol. The van der Waals surface area contributed by atoms with Crippen LogP contribution in [-0.4, -0.2) is 22.7 Å². The van der Waals surface area contributed by atoms with Crippen molar-refractivity contribution in [3.8, 4) is 6.07 Å². The minimum atomic E-state index is -0.797. The van der Waals surface area contributed by atoms with Crippen molar-refractivity contribution < 1.29 is 14.4 Å². The van der Waals surface area contributed by atoms with E-state index >= 15 is 0 Å². The Morgan fingerprint density at radius 2 is 1.62 bits per heavy atom. The number of para-hydroxylation sites is 1. The molecule has 1 aliphatic rings. The second-order valence-electron chi connectivity index (χ2n) is 5.77. The molecular weight excluding hydrogens is 330 g/mol. The highest BCUT2D eigenvalue weighted by atomic mass is 16.2. The molecule has 3 rings (SSSR count). The first-order valence-electron chi connectivity index (χ1n) is 7.96. The molecule has 1 aliphatic heterocycles. The Kier molecular flexibility index (Phi) is 4.63. The van der Waals surface area contributed by atoms with E-state index in [4.69, 9.17) is 0 Å². The molecule has 0 N–H and O–H groups in total. The van der Waals surface area contributed by atoms with E-state index in [0.717, 1.165) is 10.0 Å². The Morgan fingerprint density at radius 3 is 2.19 bits per heavy atom. The number of anilines is 1. The van der Waals surface area contributed by atoms with Crippen molar-refractivity contribution in [3.63, 3.8) is 0 Å². The zero-order valence-corrected chi connectivity index (χ0v) is 14.0. The number of amides is 3. The molecule has 26 heavy (non-hydrogen) atoms. The number of hydrazine groups is 1. The number of nitrogens with zero attached hydrogens (tertiary/aromatic N) is 3. The smallest absolute Gasteiger partial charge is 0.272 e. The van der Waals surface area contributed by atoms with E-state index in [1.165, 1.54) is 0 Å². The number of rotatable bonds is 3. The lowest BCUT2D eigenvalue weighted by Crippen LogP contribution is -2.55. The quantitative estimate of drug-likeness (QED) is 0.801. The molecule has 2 aromatic carbocycles. The minimum Gasteiger partial charge on any atom is -0.272 e. The normalized spacial score (nSPS) is 14.2. The van der Waals surface area contributed by atoms with Gasteiger partial charge in [0.25, 0.3) is 17.7 Å². The monoisotopic (exact) mass is 345 g/mol. The lowest BCUT2D eigenvalue weighted by atomic mass is 10.0. The Hall–Kier alpha value is -3.72. The van der Waals surface area contributed by atoms with Crippen molar-refractivity contribution in [3.05, 3.63) is 77.4 Å². The Labute approximate surface area is 150 Å². The molecule has 2 aromatic rings. The summed E-state index contributed by atoms with van der Waals surface area (Å²) in [6.07, 6.45) is -0.0972. The maximum atomic E-state index is 13.1. The average Bonchev–Trinajstić information content (AvgIpc) is 2.66. The predicted octanol–water partition coefficient (Wildman–Crippen LogP) is 2.85. The van der Waals surface area contributed by atoms with Crippen molar-refractivity contribution in [1.29, 1.82) is 5.26 Å². The third kappa shape index (κ3) is 2.98. The summed E-state index contributed by atoms with van der Waals surface area (Å²) >= 11 is 0. The van der Waals surface area contributed by atoms with Crippen LogP contribution in [0.5, 0.6) is 0 Å². The van der Waals surface area contributed by atoms with E-state index in [9.17, 15) is 19.6 Å². The number of hydrogen-bond acceptors (Lipinski definition) is 4. The lowest BCUT2D eigenvalue weighted by Gasteiger charge is -2.35. The van der Waals surface area contributed by atoms with Crippen molar-refractivity contribution in [2.75, 3.05) is 5.01 Å². The molecule has 1 heterocycles. The summed E-state index contributed by atoms with van der Waals surface area (Å²) < 4.78 is 0. The van der Waals surface area contributed by atoms with Gasteiger partial charge in [-0.1, -0.05) is 36.4 Å². The lowest BCUT2D eigenvalue weighted by molar-refractivity contribution is -0.143. The maximum Gasteiger partial charge on any atom is 0.290 e. The van der Waals surface area contributed by atoms with Crippen LogP contribution in [-0.2, 0) is 9.59 Å². The molecular formula is C20H15N3O3. The van der Waals surface area contributed by atoms with E-state index in [0.29, 0.717) is 16.8 Å². The van der Waals surface area contributed by atoms with E-state index < -0.39 is 17.7 Å². The zero-order chi connectivity index (χ0) is 18.7. The maximum absolute atomic E-state index is 13.1. The number of benzene rings is 2. The molecule has 0 bridgehead atoms. The molecule has 0 saturated heterocycles. The Bertz CT molecular complexity index is 943. The molecule has 128 valence electrons. The van der Waals surface area contributed by atoms with Crippen LogP contribution in [0.4, 0.5) is 5.69 Å². The standard InChI is InChI=1S/C20H15N3O3/c1-14-12-18(24)23(20(26)17(14)13-21)22(16-10-6-3-7-11-16)19(25)15-8-4-2-5-9-15/h2-11H,12H2,1H3. The first-order chi connectivity index (χ1) is 12.5. The summed E-state index contributed by atoms with van der Waals surface area (Å²) in [6.45, 7) is 1.57. The van der Waals surface area contributed by atoms with E-state index in [2.05, 4.69) is 0 Å². The number of nitriles is 1. The zero-order valence-electron chi connectivity index (χ0n) is 14.0. The van der Waals surface area contributed by atoms with Gasteiger partial charge in [0.1, 0.15) is 11.6 Å². The molecule has 0 fully saturated rings. The minimum absolute atomic E-state index is 0.0972. The van der Waals surface area contributed by atoms with Crippen LogP contribution < -0.4 is 5.01 Å². The topological polar surface area (TPSA) is 81.5 Å². The van der Waals surface area contributed by atoms with Gasteiger partial charge in [0, 0.05) is 5.56 Å². The second-order valence-corrected chi connectivity index (χ2v) is 5.77. The van der Waals surface area contributed by atoms with Crippen molar-refractivity contribution in [2.24, 2.45) is 0 Å². The van der Waals surface area contributed by atoms with E-state index in [1.54, 1.807) is 67.6 Å². The predicted molar refractivity (Wildman–Crippen MR) is 94.5 cm³/mol. The van der Waals surface area contributed by atoms with E-state index in [-0.39, 0.29) is 12.0 Å². The van der Waals surface area contributed by atoms with Gasteiger partial charge in [-0.3, -0.25) is 14.4 Å². The molecule has 0 aromatic heterocycles. The second kappa shape index (κ2) is 7.03. The van der Waals surface area contributed by atoms with Gasteiger partial charge in [0.15, 0.2) is 0 Å². The summed E-state index contributed by atoms with van der Waals surface area (Å²) in [6, 6.07) is 18.6. The first kappa shape index (κ1) is 17.1. The first-order valence-corrected chi connectivity index (χ1v) is 7.96. The van der Waals surface area contributed by atoms with Gasteiger partial charge < -0.3 is 0 Å². The summed E-state index contributed by atoms with van der Waals surface area (Å²) in [5.74, 6) is -1.88. The third-order valence-corrected chi connectivity index (χ3v) is 4.01. The van der Waals surface area contributed by atoms with Crippen molar-refractivity contribution in [1.82, 2.24) is 5.01 Å². The van der Waals surface area contributed by atoms with Gasteiger partial charge in [-0.25, -0.2) is 5.01 Å². The molecule has 3 amide bonds. The van der Waals surface area contributed by atoms with Crippen LogP contribution >= 0.6 is 0 Å². The SMILES string of the molecule is CC1=C(C#N)C(=O)N(N(C(=O)c2ccccc2)c2ccccc2)C(=O)C1. The van der Waals surface area contributed by atoms with Crippen LogP contribution in [0.25, 0.3) is 0 Å². The highest BCUT2D eigenvalue weighted by Gasteiger charge is 2.39. The van der Waals surface area contributed by atoms with E-state index in [1.807, 2.05) is 6.07 Å². The van der Waals surface area contributed by atoms with Crippen molar-refractivity contribution >= 4 is 23.4 Å². The highest BCUT2D eigenvalue weighted by molar-refractivity contribution is 6.17. The van der Waals surface area contributed by atoms with Crippen LogP contribution in [0.3, 0.4) is 0 Å². The molecule has 0 saturated carbocycles. The molecule has 0 spiro atoms. The number of carbonyl (C=O) groups excluding carboxylic acids is 3. The summed E-state index contributed by atoms with van der Waals surface area (Å²) in [4.78, 5) is 38.4. The van der Waals surface area contributed by atoms with Gasteiger partial charge in [-0.15, -0.1) is 0 Å². The van der Waals surface area contributed by atoms with Gasteiger partial charge in [-0.2, -0.15) is 10.3 Å². The van der Waals surface area contributed by atoms with Crippen LogP contribution in [0.2, 0.25) is 0 Å². The largest absolute Gasteiger partial charge is 0.290 e. The van der Waals surface area contributed by atoms with Gasteiger partial charge in [-0.05, 0) is 36.8 Å². The molecule has 6 nitrogen and oxygen atoms in total. The Morgan fingerprint density at radius 1 is 1.04 bits per heavy atom. The molecule has 0 aliphatic carbocycles. The molecule has 0 atom stereocenters. The molecule has 0 unspecified atom stereocenters. The molecule has 6 heteroatoms. The van der Waals surface area contributed by atoms with Crippen LogP contribution in [0.1, 0.15) is 23.7 Å². The van der Waals surface area contributed by atoms with Gasteiger partial charge >= 0.3 is 0 Å². The summed E-state index contributed by atoms with van der Waals surface area (Å²) in [5.41, 5.74) is 0.965. The summed E-state index contributed by atoms with van der Waals surface area (Å²) in [7, 11) is 0. The molecule has 0 radical (unpaired) electrons. The van der Waals surface area contributed by atoms with Crippen LogP contribution in [0, 0.1) is 11.3 Å². The van der Waals surface area contributed by atoms with Gasteiger partial charge in [0.2, 0.25) is 0 Å². The number of carbonyl (C=O) groups is 3.